The van der Waals surface area contributed by atoms with E-state index in [4.69, 9.17) is 5.73 Å². The standard InChI is InChI=1S/C10H11N3O2S/c1-8-12-5-6-13(8)16(14,15)10-4-2-3-9(11)7-10/h2-7H,11H2,1H3. The third kappa shape index (κ3) is 1.67. The minimum atomic E-state index is -3.57. The molecule has 0 saturated heterocycles. The summed E-state index contributed by atoms with van der Waals surface area (Å²) in [4.78, 5) is 4.04. The summed E-state index contributed by atoms with van der Waals surface area (Å²) in [5.74, 6) is 0.419. The van der Waals surface area contributed by atoms with Crippen molar-refractivity contribution >= 4 is 15.7 Å². The Labute approximate surface area is 93.6 Å². The zero-order valence-corrected chi connectivity index (χ0v) is 9.48. The predicted octanol–water partition coefficient (Wildman–Crippen LogP) is 1.01. The van der Waals surface area contributed by atoms with Gasteiger partial charge in [-0.3, -0.25) is 0 Å². The van der Waals surface area contributed by atoms with Crippen molar-refractivity contribution in [2.24, 2.45) is 0 Å². The molecule has 6 heteroatoms. The highest BCUT2D eigenvalue weighted by molar-refractivity contribution is 7.90. The Morgan fingerprint density at radius 3 is 2.69 bits per heavy atom. The van der Waals surface area contributed by atoms with Crippen molar-refractivity contribution in [2.75, 3.05) is 5.73 Å². The Hall–Kier alpha value is -1.82. The van der Waals surface area contributed by atoms with E-state index in [0.29, 0.717) is 11.5 Å². The molecule has 2 N–H and O–H groups in total. The molecule has 0 amide bonds. The first kappa shape index (κ1) is 10.7. The fraction of sp³-hybridized carbons (Fsp3) is 0.100. The second-order valence-electron chi connectivity index (χ2n) is 3.35. The normalized spacial score (nSPS) is 11.6. The Balaban J connectivity index is 2.61. The van der Waals surface area contributed by atoms with Crippen LogP contribution in [0.15, 0.2) is 41.6 Å². The number of benzene rings is 1. The molecule has 0 bridgehead atoms. The Morgan fingerprint density at radius 2 is 2.12 bits per heavy atom. The van der Waals surface area contributed by atoms with Gasteiger partial charge in [0.1, 0.15) is 5.82 Å². The van der Waals surface area contributed by atoms with Crippen LogP contribution in [0.5, 0.6) is 0 Å². The Bertz CT molecular complexity index is 616. The van der Waals surface area contributed by atoms with Gasteiger partial charge in [-0.2, -0.15) is 0 Å². The van der Waals surface area contributed by atoms with Gasteiger partial charge in [0.15, 0.2) is 0 Å². The number of rotatable bonds is 2. The second kappa shape index (κ2) is 3.64. The molecule has 0 unspecified atom stereocenters. The zero-order valence-electron chi connectivity index (χ0n) is 8.66. The lowest BCUT2D eigenvalue weighted by atomic mass is 10.3. The molecule has 0 spiro atoms. The lowest BCUT2D eigenvalue weighted by molar-refractivity contribution is 0.586. The van der Waals surface area contributed by atoms with E-state index in [9.17, 15) is 8.42 Å². The van der Waals surface area contributed by atoms with Gasteiger partial charge < -0.3 is 5.73 Å². The molecule has 1 aromatic carbocycles. The van der Waals surface area contributed by atoms with Crippen LogP contribution in [-0.4, -0.2) is 17.4 Å². The van der Waals surface area contributed by atoms with Crippen LogP contribution in [0.1, 0.15) is 5.82 Å². The Morgan fingerprint density at radius 1 is 1.38 bits per heavy atom. The lowest BCUT2D eigenvalue weighted by Crippen LogP contribution is -2.13. The van der Waals surface area contributed by atoms with E-state index in [1.165, 1.54) is 24.5 Å². The van der Waals surface area contributed by atoms with Crippen molar-refractivity contribution in [3.05, 3.63) is 42.5 Å². The van der Waals surface area contributed by atoms with Gasteiger partial charge in [0, 0.05) is 18.1 Å². The van der Waals surface area contributed by atoms with E-state index >= 15 is 0 Å². The van der Waals surface area contributed by atoms with Crippen LogP contribution >= 0.6 is 0 Å². The van der Waals surface area contributed by atoms with Gasteiger partial charge in [-0.1, -0.05) is 6.07 Å². The van der Waals surface area contributed by atoms with Crippen molar-refractivity contribution in [3.63, 3.8) is 0 Å². The van der Waals surface area contributed by atoms with Gasteiger partial charge in [-0.15, -0.1) is 0 Å². The van der Waals surface area contributed by atoms with E-state index in [-0.39, 0.29) is 4.90 Å². The van der Waals surface area contributed by atoms with Crippen molar-refractivity contribution in [3.8, 4) is 0 Å². The predicted molar refractivity (Wildman–Crippen MR) is 60.4 cm³/mol. The topological polar surface area (TPSA) is 78.0 Å². The van der Waals surface area contributed by atoms with Crippen LogP contribution in [0.4, 0.5) is 5.69 Å². The van der Waals surface area contributed by atoms with Crippen LogP contribution in [0, 0.1) is 6.92 Å². The number of imidazole rings is 1. The molecule has 16 heavy (non-hydrogen) atoms. The fourth-order valence-electron chi connectivity index (χ4n) is 1.41. The maximum absolute atomic E-state index is 12.1. The summed E-state index contributed by atoms with van der Waals surface area (Å²) in [5.41, 5.74) is 5.97. The van der Waals surface area contributed by atoms with Crippen molar-refractivity contribution in [1.29, 1.82) is 0 Å². The summed E-state index contributed by atoms with van der Waals surface area (Å²) < 4.78 is 25.4. The van der Waals surface area contributed by atoms with E-state index in [0.717, 1.165) is 3.97 Å². The molecule has 0 aliphatic rings. The maximum atomic E-state index is 12.1. The molecule has 84 valence electrons. The Kier molecular flexibility index (Phi) is 2.43. The van der Waals surface area contributed by atoms with Crippen molar-refractivity contribution in [1.82, 2.24) is 8.96 Å². The summed E-state index contributed by atoms with van der Waals surface area (Å²) in [7, 11) is -3.57. The van der Waals surface area contributed by atoms with Gasteiger partial charge in [0.05, 0.1) is 4.90 Å². The van der Waals surface area contributed by atoms with Crippen molar-refractivity contribution in [2.45, 2.75) is 11.8 Å². The number of hydrogen-bond acceptors (Lipinski definition) is 4. The third-order valence-corrected chi connectivity index (χ3v) is 3.95. The van der Waals surface area contributed by atoms with E-state index < -0.39 is 10.0 Å². The molecule has 0 radical (unpaired) electrons. The third-order valence-electron chi connectivity index (χ3n) is 2.20. The van der Waals surface area contributed by atoms with Gasteiger partial charge in [0.2, 0.25) is 0 Å². The highest BCUT2D eigenvalue weighted by Gasteiger charge is 2.18. The lowest BCUT2D eigenvalue weighted by Gasteiger charge is -2.07. The summed E-state index contributed by atoms with van der Waals surface area (Å²) in [6.45, 7) is 1.63. The molecule has 5 nitrogen and oxygen atoms in total. The van der Waals surface area contributed by atoms with Crippen LogP contribution in [0.3, 0.4) is 0 Å². The highest BCUT2D eigenvalue weighted by Crippen LogP contribution is 2.17. The molecule has 1 aromatic heterocycles. The first-order valence-electron chi connectivity index (χ1n) is 4.63. The molecule has 0 fully saturated rings. The number of aryl methyl sites for hydroxylation is 1. The number of hydrogen-bond donors (Lipinski definition) is 1. The minimum absolute atomic E-state index is 0.161. The SMILES string of the molecule is Cc1nccn1S(=O)(=O)c1cccc(N)c1. The van der Waals surface area contributed by atoms with E-state index in [1.54, 1.807) is 19.1 Å². The van der Waals surface area contributed by atoms with Crippen molar-refractivity contribution < 1.29 is 8.42 Å². The number of nitrogens with two attached hydrogens (primary N) is 1. The average Bonchev–Trinajstić information content (AvgIpc) is 2.65. The fourth-order valence-corrected chi connectivity index (χ4v) is 2.78. The molecule has 2 rings (SSSR count). The summed E-state index contributed by atoms with van der Waals surface area (Å²) in [5, 5.41) is 0. The smallest absolute Gasteiger partial charge is 0.269 e. The first-order chi connectivity index (χ1) is 7.51. The highest BCUT2D eigenvalue weighted by atomic mass is 32.2. The molecular weight excluding hydrogens is 226 g/mol. The monoisotopic (exact) mass is 237 g/mol. The molecule has 2 aromatic rings. The van der Waals surface area contributed by atoms with Gasteiger partial charge >= 0.3 is 0 Å². The minimum Gasteiger partial charge on any atom is -0.399 e. The average molecular weight is 237 g/mol. The quantitative estimate of drug-likeness (QED) is 0.791. The number of nitrogens with zero attached hydrogens (tertiary/aromatic N) is 2. The molecule has 0 aliphatic carbocycles. The summed E-state index contributed by atoms with van der Waals surface area (Å²) in [6.07, 6.45) is 2.85. The number of anilines is 1. The van der Waals surface area contributed by atoms with Gasteiger partial charge in [-0.25, -0.2) is 17.4 Å². The summed E-state index contributed by atoms with van der Waals surface area (Å²) in [6, 6.07) is 6.17. The molecule has 0 atom stereocenters. The van der Waals surface area contributed by atoms with Crippen LogP contribution in [-0.2, 0) is 10.0 Å². The van der Waals surface area contributed by atoms with Gasteiger partial charge in [-0.05, 0) is 25.1 Å². The molecule has 0 saturated carbocycles. The molecule has 0 aliphatic heterocycles. The molecule has 1 heterocycles. The van der Waals surface area contributed by atoms with Gasteiger partial charge in [0.25, 0.3) is 10.0 Å². The zero-order chi connectivity index (χ0) is 11.8. The van der Waals surface area contributed by atoms with Crippen LogP contribution < -0.4 is 5.73 Å². The summed E-state index contributed by atoms with van der Waals surface area (Å²) >= 11 is 0. The molecular formula is C10H11N3O2S. The van der Waals surface area contributed by atoms with Crippen LogP contribution in [0.2, 0.25) is 0 Å². The van der Waals surface area contributed by atoms with E-state index in [1.807, 2.05) is 0 Å². The number of aromatic nitrogens is 2. The van der Waals surface area contributed by atoms with Crippen LogP contribution in [0.25, 0.3) is 0 Å². The maximum Gasteiger partial charge on any atom is 0.269 e. The largest absolute Gasteiger partial charge is 0.399 e. The first-order valence-corrected chi connectivity index (χ1v) is 6.07. The second-order valence-corrected chi connectivity index (χ2v) is 5.16. The van der Waals surface area contributed by atoms with E-state index in [2.05, 4.69) is 4.98 Å². The number of nitrogen functional groups attached to an aromatic ring is 1.